The second-order valence-electron chi connectivity index (χ2n) is 4.23. The van der Waals surface area contributed by atoms with E-state index in [0.29, 0.717) is 16.1 Å². The van der Waals surface area contributed by atoms with Gasteiger partial charge in [-0.2, -0.15) is 0 Å². The lowest BCUT2D eigenvalue weighted by Crippen LogP contribution is -2.05. The summed E-state index contributed by atoms with van der Waals surface area (Å²) in [4.78, 5) is 12.5. The van der Waals surface area contributed by atoms with E-state index in [0.717, 1.165) is 15.6 Å². The summed E-state index contributed by atoms with van der Waals surface area (Å²) in [5.41, 5.74) is 3.22. The Morgan fingerprint density at radius 2 is 1.72 bits per heavy atom. The fourth-order valence-electron chi connectivity index (χ4n) is 1.82. The molecule has 0 saturated carbocycles. The van der Waals surface area contributed by atoms with E-state index >= 15 is 0 Å². The van der Waals surface area contributed by atoms with Gasteiger partial charge in [-0.25, -0.2) is 0 Å². The summed E-state index contributed by atoms with van der Waals surface area (Å²) in [6, 6.07) is 11.0. The Labute approximate surface area is 120 Å². The maximum atomic E-state index is 12.5. The lowest BCUT2D eigenvalue weighted by atomic mass is 9.97. The highest BCUT2D eigenvalue weighted by molar-refractivity contribution is 9.10. The highest BCUT2D eigenvalue weighted by atomic mass is 79.9. The Hall–Kier alpha value is -1.12. The third-order valence-corrected chi connectivity index (χ3v) is 4.05. The average molecular weight is 324 g/mol. The number of ketones is 1. The molecule has 0 aliphatic heterocycles. The predicted molar refractivity (Wildman–Crippen MR) is 78.5 cm³/mol. The Morgan fingerprint density at radius 1 is 1.06 bits per heavy atom. The van der Waals surface area contributed by atoms with E-state index in [1.165, 1.54) is 0 Å². The van der Waals surface area contributed by atoms with Crippen LogP contribution in [0.1, 0.15) is 27.0 Å². The molecule has 0 spiro atoms. The van der Waals surface area contributed by atoms with Crippen LogP contribution in [0.15, 0.2) is 40.9 Å². The van der Waals surface area contributed by atoms with Crippen molar-refractivity contribution in [2.75, 3.05) is 0 Å². The second-order valence-corrected chi connectivity index (χ2v) is 5.49. The van der Waals surface area contributed by atoms with Crippen LogP contribution >= 0.6 is 27.5 Å². The molecule has 0 N–H and O–H groups in total. The highest BCUT2D eigenvalue weighted by Crippen LogP contribution is 2.25. The molecule has 2 aromatic carbocycles. The van der Waals surface area contributed by atoms with E-state index in [1.807, 2.05) is 38.1 Å². The summed E-state index contributed by atoms with van der Waals surface area (Å²) in [7, 11) is 0. The lowest BCUT2D eigenvalue weighted by Gasteiger charge is -2.09. The first-order valence-electron chi connectivity index (χ1n) is 5.56. The first-order valence-corrected chi connectivity index (χ1v) is 6.74. The SMILES string of the molecule is Cc1cc(C(=O)c2ccccc2Cl)c(C)cc1Br. The molecule has 0 saturated heterocycles. The van der Waals surface area contributed by atoms with Crippen molar-refractivity contribution in [3.8, 4) is 0 Å². The minimum absolute atomic E-state index is 0.0336. The van der Waals surface area contributed by atoms with Crippen molar-refractivity contribution in [2.24, 2.45) is 0 Å². The molecule has 2 rings (SSSR count). The molecule has 0 fully saturated rings. The van der Waals surface area contributed by atoms with Gasteiger partial charge in [0.1, 0.15) is 0 Å². The van der Waals surface area contributed by atoms with Gasteiger partial charge in [-0.1, -0.05) is 39.7 Å². The number of carbonyl (C=O) groups is 1. The van der Waals surface area contributed by atoms with Gasteiger partial charge in [-0.15, -0.1) is 0 Å². The molecule has 3 heteroatoms. The largest absolute Gasteiger partial charge is 0.289 e. The Kier molecular flexibility index (Phi) is 3.88. The van der Waals surface area contributed by atoms with Crippen LogP contribution in [0.25, 0.3) is 0 Å². The second kappa shape index (κ2) is 5.25. The minimum Gasteiger partial charge on any atom is -0.289 e. The molecule has 92 valence electrons. The van der Waals surface area contributed by atoms with Gasteiger partial charge in [-0.05, 0) is 49.2 Å². The molecule has 0 amide bonds. The minimum atomic E-state index is -0.0336. The van der Waals surface area contributed by atoms with Crippen LogP contribution < -0.4 is 0 Å². The van der Waals surface area contributed by atoms with Gasteiger partial charge >= 0.3 is 0 Å². The summed E-state index contributed by atoms with van der Waals surface area (Å²) in [5.74, 6) is -0.0336. The summed E-state index contributed by atoms with van der Waals surface area (Å²) >= 11 is 9.52. The molecule has 0 aromatic heterocycles. The number of carbonyl (C=O) groups excluding carboxylic acids is 1. The van der Waals surface area contributed by atoms with Gasteiger partial charge in [0.05, 0.1) is 5.02 Å². The van der Waals surface area contributed by atoms with Crippen LogP contribution in [0.2, 0.25) is 5.02 Å². The maximum absolute atomic E-state index is 12.5. The van der Waals surface area contributed by atoms with Crippen molar-refractivity contribution in [3.63, 3.8) is 0 Å². The third kappa shape index (κ3) is 2.50. The Balaban J connectivity index is 2.53. The molecular formula is C15H12BrClO. The molecule has 18 heavy (non-hydrogen) atoms. The summed E-state index contributed by atoms with van der Waals surface area (Å²) < 4.78 is 1.01. The van der Waals surface area contributed by atoms with Crippen LogP contribution in [0.3, 0.4) is 0 Å². The fourth-order valence-corrected chi connectivity index (χ4v) is 2.50. The van der Waals surface area contributed by atoms with Crippen LogP contribution in [0, 0.1) is 13.8 Å². The molecular weight excluding hydrogens is 312 g/mol. The Bertz CT molecular complexity index is 620. The molecule has 2 aromatic rings. The van der Waals surface area contributed by atoms with Crippen molar-refractivity contribution in [1.29, 1.82) is 0 Å². The highest BCUT2D eigenvalue weighted by Gasteiger charge is 2.15. The fraction of sp³-hybridized carbons (Fsp3) is 0.133. The van der Waals surface area contributed by atoms with Gasteiger partial charge in [0, 0.05) is 15.6 Å². The first kappa shape index (κ1) is 13.3. The summed E-state index contributed by atoms with van der Waals surface area (Å²) in [6.07, 6.45) is 0. The number of benzene rings is 2. The molecule has 0 unspecified atom stereocenters. The topological polar surface area (TPSA) is 17.1 Å². The number of hydrogen-bond acceptors (Lipinski definition) is 1. The number of halogens is 2. The monoisotopic (exact) mass is 322 g/mol. The van der Waals surface area contributed by atoms with E-state index in [1.54, 1.807) is 12.1 Å². The molecule has 0 aliphatic carbocycles. The standard InChI is InChI=1S/C15H12BrClO/c1-9-8-13(16)10(2)7-12(9)15(18)11-5-3-4-6-14(11)17/h3-8H,1-2H3. The third-order valence-electron chi connectivity index (χ3n) is 2.87. The quantitative estimate of drug-likeness (QED) is 0.715. The van der Waals surface area contributed by atoms with Gasteiger partial charge in [0.2, 0.25) is 0 Å². The van der Waals surface area contributed by atoms with Crippen LogP contribution in [0.4, 0.5) is 0 Å². The van der Waals surface area contributed by atoms with Crippen molar-refractivity contribution >= 4 is 33.3 Å². The van der Waals surface area contributed by atoms with Crippen LogP contribution in [0.5, 0.6) is 0 Å². The smallest absolute Gasteiger partial charge is 0.194 e. The van der Waals surface area contributed by atoms with Crippen LogP contribution in [-0.2, 0) is 0 Å². The zero-order valence-corrected chi connectivity index (χ0v) is 12.5. The molecule has 0 heterocycles. The first-order chi connectivity index (χ1) is 8.50. The number of aryl methyl sites for hydroxylation is 2. The van der Waals surface area contributed by atoms with Gasteiger partial charge in [0.15, 0.2) is 5.78 Å². The van der Waals surface area contributed by atoms with E-state index in [-0.39, 0.29) is 5.78 Å². The lowest BCUT2D eigenvalue weighted by molar-refractivity contribution is 0.103. The zero-order chi connectivity index (χ0) is 13.3. The summed E-state index contributed by atoms with van der Waals surface area (Å²) in [6.45, 7) is 3.89. The maximum Gasteiger partial charge on any atom is 0.194 e. The van der Waals surface area contributed by atoms with E-state index < -0.39 is 0 Å². The molecule has 1 nitrogen and oxygen atoms in total. The molecule has 0 radical (unpaired) electrons. The van der Waals surface area contributed by atoms with Gasteiger partial charge < -0.3 is 0 Å². The van der Waals surface area contributed by atoms with Gasteiger partial charge in [-0.3, -0.25) is 4.79 Å². The van der Waals surface area contributed by atoms with Crippen molar-refractivity contribution in [1.82, 2.24) is 0 Å². The van der Waals surface area contributed by atoms with Gasteiger partial charge in [0.25, 0.3) is 0 Å². The van der Waals surface area contributed by atoms with E-state index in [4.69, 9.17) is 11.6 Å². The van der Waals surface area contributed by atoms with Crippen molar-refractivity contribution in [3.05, 3.63) is 68.1 Å². The predicted octanol–water partition coefficient (Wildman–Crippen LogP) is 4.95. The Morgan fingerprint density at radius 3 is 2.39 bits per heavy atom. The zero-order valence-electron chi connectivity index (χ0n) is 10.1. The molecule has 0 aliphatic rings. The molecule has 0 atom stereocenters. The molecule has 0 bridgehead atoms. The van der Waals surface area contributed by atoms with E-state index in [9.17, 15) is 4.79 Å². The van der Waals surface area contributed by atoms with Crippen LogP contribution in [-0.4, -0.2) is 5.78 Å². The van der Waals surface area contributed by atoms with Crippen molar-refractivity contribution in [2.45, 2.75) is 13.8 Å². The van der Waals surface area contributed by atoms with E-state index in [2.05, 4.69) is 15.9 Å². The summed E-state index contributed by atoms with van der Waals surface area (Å²) in [5, 5.41) is 0.488. The number of hydrogen-bond donors (Lipinski definition) is 0. The van der Waals surface area contributed by atoms with Crippen molar-refractivity contribution < 1.29 is 4.79 Å². The normalized spacial score (nSPS) is 10.4. The average Bonchev–Trinajstić information content (AvgIpc) is 2.33. The number of rotatable bonds is 2.